The monoisotopic (exact) mass is 449 g/mol. The second-order valence-electron chi connectivity index (χ2n) is 5.34. The first-order valence-electron chi connectivity index (χ1n) is 8.44. The molecule has 0 fully saturated rings. The number of halogens is 1. The van der Waals surface area contributed by atoms with E-state index in [0.29, 0.717) is 6.54 Å². The fraction of sp³-hybridized carbons (Fsp3) is 0.611. The minimum absolute atomic E-state index is 0. The van der Waals surface area contributed by atoms with Gasteiger partial charge in [0.15, 0.2) is 5.96 Å². The molecule has 0 bridgehead atoms. The third kappa shape index (κ3) is 9.32. The van der Waals surface area contributed by atoms with E-state index in [2.05, 4.69) is 41.6 Å². The number of guanidine groups is 1. The largest absolute Gasteiger partial charge is 0.496 e. The predicted molar refractivity (Wildman–Crippen MR) is 112 cm³/mol. The number of unbranched alkanes of at least 4 members (excludes halogenated alkanes) is 1. The van der Waals surface area contributed by atoms with Gasteiger partial charge in [-0.15, -0.1) is 24.0 Å². The van der Waals surface area contributed by atoms with Crippen molar-refractivity contribution in [3.8, 4) is 5.75 Å². The van der Waals surface area contributed by atoms with Crippen LogP contribution in [0.5, 0.6) is 5.75 Å². The molecule has 2 N–H and O–H groups in total. The third-order valence-electron chi connectivity index (χ3n) is 3.41. The van der Waals surface area contributed by atoms with Crippen LogP contribution in [0.3, 0.4) is 0 Å². The fourth-order valence-corrected chi connectivity index (χ4v) is 2.17. The number of nitrogens with one attached hydrogen (secondary N) is 2. The normalized spacial score (nSPS) is 10.9. The Balaban J connectivity index is 0.00000529. The maximum Gasteiger partial charge on any atom is 0.191 e. The Bertz CT molecular complexity index is 481. The Hall–Kier alpha value is -1.02. The van der Waals surface area contributed by atoms with Gasteiger partial charge in [-0.05, 0) is 45.2 Å². The molecule has 5 nitrogen and oxygen atoms in total. The van der Waals surface area contributed by atoms with Gasteiger partial charge < -0.3 is 20.1 Å². The van der Waals surface area contributed by atoms with Crippen LogP contribution in [0.1, 0.15) is 37.8 Å². The molecule has 0 saturated carbocycles. The van der Waals surface area contributed by atoms with Crippen LogP contribution in [0.4, 0.5) is 0 Å². The van der Waals surface area contributed by atoms with Gasteiger partial charge in [-0.3, -0.25) is 0 Å². The number of benzene rings is 1. The van der Waals surface area contributed by atoms with E-state index in [9.17, 15) is 0 Å². The molecule has 0 spiro atoms. The number of hydrogen-bond donors (Lipinski definition) is 2. The van der Waals surface area contributed by atoms with Crippen LogP contribution in [0, 0.1) is 6.92 Å². The zero-order valence-electron chi connectivity index (χ0n) is 15.4. The maximum atomic E-state index is 5.43. The van der Waals surface area contributed by atoms with Crippen molar-refractivity contribution in [2.45, 2.75) is 40.2 Å². The van der Waals surface area contributed by atoms with Crippen molar-refractivity contribution in [1.82, 2.24) is 10.6 Å². The lowest BCUT2D eigenvalue weighted by atomic mass is 10.1. The molecule has 6 heteroatoms. The Morgan fingerprint density at radius 1 is 1.17 bits per heavy atom. The highest BCUT2D eigenvalue weighted by molar-refractivity contribution is 14.0. The van der Waals surface area contributed by atoms with Crippen molar-refractivity contribution in [2.24, 2.45) is 4.99 Å². The second kappa shape index (κ2) is 14.3. The molecular formula is C18H32IN3O2. The summed E-state index contributed by atoms with van der Waals surface area (Å²) in [5, 5.41) is 6.63. The summed E-state index contributed by atoms with van der Waals surface area (Å²) in [6.07, 6.45) is 2.13. The number of rotatable bonds is 10. The minimum Gasteiger partial charge on any atom is -0.496 e. The van der Waals surface area contributed by atoms with E-state index in [-0.39, 0.29) is 24.0 Å². The highest BCUT2D eigenvalue weighted by Gasteiger charge is 2.03. The van der Waals surface area contributed by atoms with Gasteiger partial charge in [0.1, 0.15) is 5.75 Å². The lowest BCUT2D eigenvalue weighted by Crippen LogP contribution is -2.37. The van der Waals surface area contributed by atoms with E-state index >= 15 is 0 Å². The number of nitrogens with zero attached hydrogens (tertiary/aromatic N) is 1. The molecule has 1 aromatic rings. The number of hydrogen-bond acceptors (Lipinski definition) is 3. The van der Waals surface area contributed by atoms with Crippen LogP contribution in [0.25, 0.3) is 0 Å². The molecule has 1 rings (SSSR count). The van der Waals surface area contributed by atoms with Gasteiger partial charge >= 0.3 is 0 Å². The number of methoxy groups -OCH3 is 1. The van der Waals surface area contributed by atoms with Crippen molar-refractivity contribution in [3.63, 3.8) is 0 Å². The van der Waals surface area contributed by atoms with E-state index in [4.69, 9.17) is 9.47 Å². The molecule has 0 aromatic heterocycles. The quantitative estimate of drug-likeness (QED) is 0.249. The van der Waals surface area contributed by atoms with E-state index in [1.165, 1.54) is 5.56 Å². The third-order valence-corrected chi connectivity index (χ3v) is 3.41. The fourth-order valence-electron chi connectivity index (χ4n) is 2.17. The molecule has 0 aliphatic carbocycles. The average Bonchev–Trinajstić information content (AvgIpc) is 2.56. The van der Waals surface area contributed by atoms with Crippen molar-refractivity contribution >= 4 is 29.9 Å². The minimum atomic E-state index is 0. The molecule has 1 aromatic carbocycles. The molecule has 138 valence electrons. The summed E-state index contributed by atoms with van der Waals surface area (Å²) in [5.74, 6) is 1.73. The zero-order chi connectivity index (χ0) is 16.9. The summed E-state index contributed by atoms with van der Waals surface area (Å²) in [5.41, 5.74) is 2.28. The molecule has 0 radical (unpaired) electrons. The molecule has 24 heavy (non-hydrogen) atoms. The van der Waals surface area contributed by atoms with Crippen LogP contribution in [-0.4, -0.2) is 39.4 Å². The van der Waals surface area contributed by atoms with Gasteiger partial charge in [0.05, 0.1) is 13.7 Å². The first kappa shape index (κ1) is 23.0. The number of aryl methyl sites for hydroxylation is 1. The van der Waals surface area contributed by atoms with E-state index < -0.39 is 0 Å². The van der Waals surface area contributed by atoms with Gasteiger partial charge in [0.25, 0.3) is 0 Å². The highest BCUT2D eigenvalue weighted by Crippen LogP contribution is 2.20. The Morgan fingerprint density at radius 3 is 2.62 bits per heavy atom. The van der Waals surface area contributed by atoms with Crippen LogP contribution in [-0.2, 0) is 11.3 Å². The lowest BCUT2D eigenvalue weighted by molar-refractivity contribution is 0.143. The highest BCUT2D eigenvalue weighted by atomic mass is 127. The summed E-state index contributed by atoms with van der Waals surface area (Å²) in [4.78, 5) is 4.64. The number of aliphatic imine (C=N–C) groups is 1. The molecule has 0 saturated heterocycles. The van der Waals surface area contributed by atoms with Crippen LogP contribution in [0.15, 0.2) is 23.2 Å². The van der Waals surface area contributed by atoms with E-state index in [1.54, 1.807) is 7.11 Å². The maximum absolute atomic E-state index is 5.43. The molecule has 0 amide bonds. The van der Waals surface area contributed by atoms with Gasteiger partial charge in [-0.2, -0.15) is 0 Å². The molecule has 0 heterocycles. The van der Waals surface area contributed by atoms with Crippen molar-refractivity contribution < 1.29 is 9.47 Å². The summed E-state index contributed by atoms with van der Waals surface area (Å²) in [7, 11) is 1.70. The first-order chi connectivity index (χ1) is 11.2. The molecule has 0 aliphatic rings. The topological polar surface area (TPSA) is 54.9 Å². The Labute approximate surface area is 163 Å². The second-order valence-corrected chi connectivity index (χ2v) is 5.34. The van der Waals surface area contributed by atoms with Crippen LogP contribution in [0.2, 0.25) is 0 Å². The molecular weight excluding hydrogens is 417 g/mol. The van der Waals surface area contributed by atoms with Gasteiger partial charge in [0, 0.05) is 31.9 Å². The summed E-state index contributed by atoms with van der Waals surface area (Å²) >= 11 is 0. The van der Waals surface area contributed by atoms with Crippen LogP contribution < -0.4 is 15.4 Å². The summed E-state index contributed by atoms with van der Waals surface area (Å²) in [6, 6.07) is 6.20. The molecule has 0 unspecified atom stereocenters. The SMILES string of the molecule is CCNC(=NCc1ccc(C)cc1OC)NCCCCOCC.I. The van der Waals surface area contributed by atoms with E-state index in [0.717, 1.165) is 56.4 Å². The van der Waals surface area contributed by atoms with Gasteiger partial charge in [-0.25, -0.2) is 4.99 Å². The van der Waals surface area contributed by atoms with Crippen molar-refractivity contribution in [1.29, 1.82) is 0 Å². The van der Waals surface area contributed by atoms with E-state index in [1.807, 2.05) is 13.0 Å². The average molecular weight is 449 g/mol. The summed E-state index contributed by atoms with van der Waals surface area (Å²) < 4.78 is 10.8. The van der Waals surface area contributed by atoms with Gasteiger partial charge in [0.2, 0.25) is 0 Å². The zero-order valence-corrected chi connectivity index (χ0v) is 17.7. The molecule has 0 aliphatic heterocycles. The predicted octanol–water partition coefficient (Wildman–Crippen LogP) is 3.49. The molecule has 0 atom stereocenters. The van der Waals surface area contributed by atoms with Crippen LogP contribution >= 0.6 is 24.0 Å². The van der Waals surface area contributed by atoms with Crippen molar-refractivity contribution in [2.75, 3.05) is 33.4 Å². The summed E-state index contributed by atoms with van der Waals surface area (Å²) in [6.45, 7) is 10.1. The van der Waals surface area contributed by atoms with Gasteiger partial charge in [-0.1, -0.05) is 12.1 Å². The lowest BCUT2D eigenvalue weighted by Gasteiger charge is -2.12. The first-order valence-corrected chi connectivity index (χ1v) is 8.44. The number of ether oxygens (including phenoxy) is 2. The van der Waals surface area contributed by atoms with Crippen molar-refractivity contribution in [3.05, 3.63) is 29.3 Å². The standard InChI is InChI=1S/C18H31N3O2.HI/c1-5-19-18(20-11-7-8-12-23-6-2)21-14-16-10-9-15(3)13-17(16)22-4;/h9-10,13H,5-8,11-12,14H2,1-4H3,(H2,19,20,21);1H. The Morgan fingerprint density at radius 2 is 1.96 bits per heavy atom. The smallest absolute Gasteiger partial charge is 0.191 e. The Kier molecular flexibility index (Phi) is 13.7.